The van der Waals surface area contributed by atoms with Crippen molar-refractivity contribution in [2.75, 3.05) is 6.54 Å². The van der Waals surface area contributed by atoms with Crippen LogP contribution in [0.5, 0.6) is 0 Å². The molecule has 0 bridgehead atoms. The number of benzene rings is 1. The van der Waals surface area contributed by atoms with Crippen molar-refractivity contribution >= 4 is 23.5 Å². The van der Waals surface area contributed by atoms with Gasteiger partial charge in [0.05, 0.1) is 11.8 Å². The summed E-state index contributed by atoms with van der Waals surface area (Å²) in [5.74, 6) is -1.13. The zero-order chi connectivity index (χ0) is 17.3. The number of halogens is 1. The fourth-order valence-corrected chi connectivity index (χ4v) is 3.06. The number of nitrogens with one attached hydrogen (secondary N) is 1. The molecule has 0 spiro atoms. The summed E-state index contributed by atoms with van der Waals surface area (Å²) in [6.07, 6.45) is 3.11. The van der Waals surface area contributed by atoms with Crippen molar-refractivity contribution in [2.45, 2.75) is 31.6 Å². The minimum Gasteiger partial charge on any atom is -0.481 e. The maximum atomic E-state index is 12.5. The first-order chi connectivity index (χ1) is 11.4. The number of carbonyl (C=O) groups excluding carboxylic acids is 1. The van der Waals surface area contributed by atoms with Crippen LogP contribution in [0.1, 0.15) is 40.1 Å². The van der Waals surface area contributed by atoms with Gasteiger partial charge in [0.1, 0.15) is 12.2 Å². The number of hydrogen-bond donors (Lipinski definition) is 2. The highest BCUT2D eigenvalue weighted by Crippen LogP contribution is 2.47. The normalized spacial score (nSPS) is 15.1. The van der Waals surface area contributed by atoms with Crippen LogP contribution in [0.4, 0.5) is 0 Å². The first kappa shape index (κ1) is 16.6. The van der Waals surface area contributed by atoms with E-state index in [0.29, 0.717) is 22.7 Å². The minimum absolute atomic E-state index is 0.0507. The van der Waals surface area contributed by atoms with E-state index in [4.69, 9.17) is 21.1 Å². The largest absolute Gasteiger partial charge is 0.481 e. The number of furan rings is 1. The summed E-state index contributed by atoms with van der Waals surface area (Å²) in [6, 6.07) is 7.68. The Balaban J connectivity index is 1.71. The predicted octanol–water partition coefficient (Wildman–Crippen LogP) is 3.33. The van der Waals surface area contributed by atoms with Crippen LogP contribution in [-0.2, 0) is 16.6 Å². The summed E-state index contributed by atoms with van der Waals surface area (Å²) in [7, 11) is 0. The third-order valence-corrected chi connectivity index (χ3v) is 4.74. The second-order valence-corrected chi connectivity index (χ2v) is 6.69. The molecule has 0 atom stereocenters. The van der Waals surface area contributed by atoms with E-state index in [1.54, 1.807) is 6.92 Å². The van der Waals surface area contributed by atoms with Crippen LogP contribution in [0.15, 0.2) is 34.9 Å². The molecule has 126 valence electrons. The number of carboxylic acid groups (broad SMARTS) is 1. The number of amides is 1. The maximum Gasteiger partial charge on any atom is 0.311 e. The van der Waals surface area contributed by atoms with Gasteiger partial charge in [-0.3, -0.25) is 9.59 Å². The lowest BCUT2D eigenvalue weighted by atomic mass is 9.96. The molecule has 1 aromatic heterocycles. The molecule has 0 radical (unpaired) electrons. The first-order valence-corrected chi connectivity index (χ1v) is 8.12. The number of carbonyl (C=O) groups is 2. The van der Waals surface area contributed by atoms with Crippen LogP contribution in [0, 0.1) is 6.92 Å². The number of aryl methyl sites for hydroxylation is 1. The average molecular weight is 348 g/mol. The van der Waals surface area contributed by atoms with Crippen molar-refractivity contribution in [3.05, 3.63) is 58.0 Å². The summed E-state index contributed by atoms with van der Waals surface area (Å²) >= 11 is 5.93. The molecule has 1 saturated carbocycles. The van der Waals surface area contributed by atoms with Gasteiger partial charge in [-0.2, -0.15) is 0 Å². The van der Waals surface area contributed by atoms with E-state index in [0.717, 1.165) is 18.4 Å². The number of hydrogen-bond acceptors (Lipinski definition) is 3. The van der Waals surface area contributed by atoms with E-state index in [2.05, 4.69) is 5.32 Å². The van der Waals surface area contributed by atoms with Crippen LogP contribution < -0.4 is 5.32 Å². The van der Waals surface area contributed by atoms with Crippen LogP contribution >= 0.6 is 11.6 Å². The molecule has 0 saturated heterocycles. The zero-order valence-electron chi connectivity index (χ0n) is 13.3. The van der Waals surface area contributed by atoms with Crippen LogP contribution in [0.3, 0.4) is 0 Å². The molecule has 6 heteroatoms. The third-order valence-electron chi connectivity index (χ3n) is 4.49. The molecular weight excluding hydrogens is 330 g/mol. The fourth-order valence-electron chi connectivity index (χ4n) is 2.93. The Morgan fingerprint density at radius 1 is 1.29 bits per heavy atom. The summed E-state index contributed by atoms with van der Waals surface area (Å²) in [5, 5.41) is 12.5. The highest BCUT2D eigenvalue weighted by Gasteiger charge is 2.44. The van der Waals surface area contributed by atoms with Crippen molar-refractivity contribution in [1.82, 2.24) is 5.32 Å². The topological polar surface area (TPSA) is 79.5 Å². The molecule has 24 heavy (non-hydrogen) atoms. The van der Waals surface area contributed by atoms with E-state index in [1.165, 1.54) is 6.26 Å². The van der Waals surface area contributed by atoms with Gasteiger partial charge >= 0.3 is 5.97 Å². The second kappa shape index (κ2) is 6.32. The molecular formula is C18H18ClNO4. The lowest BCUT2D eigenvalue weighted by molar-refractivity contribution is -0.136. The van der Waals surface area contributed by atoms with E-state index in [9.17, 15) is 9.59 Å². The highest BCUT2D eigenvalue weighted by molar-refractivity contribution is 6.30. The molecule has 1 fully saturated rings. The molecule has 0 aliphatic heterocycles. The first-order valence-electron chi connectivity index (χ1n) is 7.74. The Bertz CT molecular complexity index is 775. The lowest BCUT2D eigenvalue weighted by Gasteiger charge is -2.17. The Labute approximate surface area is 144 Å². The van der Waals surface area contributed by atoms with Gasteiger partial charge in [-0.25, -0.2) is 0 Å². The smallest absolute Gasteiger partial charge is 0.311 e. The minimum atomic E-state index is -1.03. The number of rotatable bonds is 6. The van der Waals surface area contributed by atoms with Gasteiger partial charge < -0.3 is 14.8 Å². The second-order valence-electron chi connectivity index (χ2n) is 6.26. The summed E-state index contributed by atoms with van der Waals surface area (Å²) in [6.45, 7) is 2.24. The number of carboxylic acids is 1. The van der Waals surface area contributed by atoms with Gasteiger partial charge in [-0.05, 0) is 37.5 Å². The molecule has 1 aromatic carbocycles. The van der Waals surface area contributed by atoms with Crippen LogP contribution in [0.25, 0.3) is 0 Å². The molecule has 1 heterocycles. The van der Waals surface area contributed by atoms with Crippen molar-refractivity contribution in [2.24, 2.45) is 0 Å². The molecule has 1 aliphatic rings. The monoisotopic (exact) mass is 347 g/mol. The Morgan fingerprint density at radius 3 is 2.54 bits per heavy atom. The van der Waals surface area contributed by atoms with E-state index in [-0.39, 0.29) is 23.5 Å². The number of aliphatic carboxylic acids is 1. The molecule has 5 nitrogen and oxygen atoms in total. The molecule has 3 rings (SSSR count). The SMILES string of the molecule is Cc1coc(CC(=O)O)c1C(=O)NCC1(c2ccc(Cl)cc2)CC1. The Morgan fingerprint density at radius 2 is 1.96 bits per heavy atom. The molecule has 1 amide bonds. The summed E-state index contributed by atoms with van der Waals surface area (Å²) < 4.78 is 5.22. The zero-order valence-corrected chi connectivity index (χ0v) is 14.0. The van der Waals surface area contributed by atoms with E-state index in [1.807, 2.05) is 24.3 Å². The van der Waals surface area contributed by atoms with Crippen LogP contribution in [0.2, 0.25) is 5.02 Å². The van der Waals surface area contributed by atoms with Gasteiger partial charge in [0.15, 0.2) is 0 Å². The quantitative estimate of drug-likeness (QED) is 0.840. The molecule has 2 aromatic rings. The molecule has 1 aliphatic carbocycles. The van der Waals surface area contributed by atoms with Crippen molar-refractivity contribution < 1.29 is 19.1 Å². The van der Waals surface area contributed by atoms with Crippen molar-refractivity contribution in [1.29, 1.82) is 0 Å². The van der Waals surface area contributed by atoms with Crippen LogP contribution in [-0.4, -0.2) is 23.5 Å². The molecule has 0 unspecified atom stereocenters. The van der Waals surface area contributed by atoms with Gasteiger partial charge in [-0.1, -0.05) is 23.7 Å². The summed E-state index contributed by atoms with van der Waals surface area (Å²) in [5.41, 5.74) is 2.07. The Hall–Kier alpha value is -2.27. The third kappa shape index (κ3) is 3.31. The predicted molar refractivity (Wildman–Crippen MR) is 89.5 cm³/mol. The van der Waals surface area contributed by atoms with Gasteiger partial charge in [0, 0.05) is 22.5 Å². The maximum absolute atomic E-state index is 12.5. The van der Waals surface area contributed by atoms with E-state index >= 15 is 0 Å². The lowest BCUT2D eigenvalue weighted by Crippen LogP contribution is -2.33. The molecule has 2 N–H and O–H groups in total. The average Bonchev–Trinajstić information content (AvgIpc) is 3.24. The highest BCUT2D eigenvalue weighted by atomic mass is 35.5. The fraction of sp³-hybridized carbons (Fsp3) is 0.333. The Kier molecular flexibility index (Phi) is 4.37. The standard InChI is InChI=1S/C18H18ClNO4/c1-11-9-24-14(8-15(21)22)16(11)17(23)20-10-18(6-7-18)12-2-4-13(19)5-3-12/h2-5,9H,6-8,10H2,1H3,(H,20,23)(H,21,22). The van der Waals surface area contributed by atoms with Gasteiger partial charge in [-0.15, -0.1) is 0 Å². The van der Waals surface area contributed by atoms with Crippen molar-refractivity contribution in [3.63, 3.8) is 0 Å². The van der Waals surface area contributed by atoms with Gasteiger partial charge in [0.25, 0.3) is 5.91 Å². The summed E-state index contributed by atoms with van der Waals surface area (Å²) in [4.78, 5) is 23.4. The van der Waals surface area contributed by atoms with Gasteiger partial charge in [0.2, 0.25) is 0 Å². The van der Waals surface area contributed by atoms with Crippen molar-refractivity contribution in [3.8, 4) is 0 Å². The van der Waals surface area contributed by atoms with E-state index < -0.39 is 5.97 Å².